The van der Waals surface area contributed by atoms with Gasteiger partial charge in [0.05, 0.1) is 12.9 Å². The molecular formula is C20H20O5. The normalized spacial score (nSPS) is 17.0. The van der Waals surface area contributed by atoms with Crippen LogP contribution in [-0.4, -0.2) is 23.1 Å². The zero-order valence-corrected chi connectivity index (χ0v) is 14.0. The number of aryl methyl sites for hydroxylation is 2. The van der Waals surface area contributed by atoms with Gasteiger partial charge in [-0.3, -0.25) is 4.79 Å². The number of benzene rings is 2. The van der Waals surface area contributed by atoms with Gasteiger partial charge in [-0.1, -0.05) is 12.1 Å². The predicted molar refractivity (Wildman–Crippen MR) is 93.5 cm³/mol. The van der Waals surface area contributed by atoms with Crippen LogP contribution in [0.1, 0.15) is 24.0 Å². The molecule has 2 aliphatic heterocycles. The standard InChI is InChI=1S/C20H20O5/c1-24-18-10-14-3-7-16(22)12-15(21)6-2-13-4-8-17(9-5-13)25-19(11-14)20(18)23/h4-5,8-12,22-23H,2-3,6-7H2,1H3/b16-12+. The highest BCUT2D eigenvalue weighted by Gasteiger charge is 2.14. The largest absolute Gasteiger partial charge is 0.512 e. The fourth-order valence-electron chi connectivity index (χ4n) is 2.74. The Bertz CT molecular complexity index is 806. The van der Waals surface area contributed by atoms with E-state index in [2.05, 4.69) is 0 Å². The van der Waals surface area contributed by atoms with Crippen molar-refractivity contribution >= 4 is 5.78 Å². The maximum Gasteiger partial charge on any atom is 0.201 e. The number of phenolic OH excluding ortho intramolecular Hbond substituents is 1. The molecular weight excluding hydrogens is 320 g/mol. The number of carbonyl (C=O) groups excluding carboxylic acids is 1. The maximum atomic E-state index is 11.9. The fourth-order valence-corrected chi connectivity index (χ4v) is 2.74. The molecule has 0 aromatic heterocycles. The molecule has 5 heteroatoms. The first kappa shape index (κ1) is 16.9. The summed E-state index contributed by atoms with van der Waals surface area (Å²) in [6, 6.07) is 10.8. The van der Waals surface area contributed by atoms with Crippen LogP contribution in [0, 0.1) is 0 Å². The Morgan fingerprint density at radius 2 is 1.68 bits per heavy atom. The lowest BCUT2D eigenvalue weighted by Crippen LogP contribution is -1.99. The molecule has 4 bridgehead atoms. The number of aromatic hydroxyl groups is 1. The predicted octanol–water partition coefficient (Wildman–Crippen LogP) is 4.08. The van der Waals surface area contributed by atoms with Crippen LogP contribution in [0.3, 0.4) is 0 Å². The van der Waals surface area contributed by atoms with Gasteiger partial charge in [-0.05, 0) is 48.2 Å². The minimum absolute atomic E-state index is 0.0455. The second-order valence-electron chi connectivity index (χ2n) is 5.99. The van der Waals surface area contributed by atoms with Crippen LogP contribution >= 0.6 is 0 Å². The van der Waals surface area contributed by atoms with Gasteiger partial charge in [0.2, 0.25) is 5.75 Å². The van der Waals surface area contributed by atoms with Crippen LogP contribution in [0.15, 0.2) is 48.2 Å². The SMILES string of the molecule is COc1cc2cc(c1O)Oc1ccc(cc1)CCC(=O)/C=C(/O)CC2. The monoisotopic (exact) mass is 340 g/mol. The number of ketones is 1. The van der Waals surface area contributed by atoms with Gasteiger partial charge in [0.25, 0.3) is 0 Å². The third-order valence-electron chi connectivity index (χ3n) is 4.13. The van der Waals surface area contributed by atoms with Crippen molar-refractivity contribution in [1.82, 2.24) is 0 Å². The van der Waals surface area contributed by atoms with E-state index in [1.54, 1.807) is 24.3 Å². The Balaban J connectivity index is 2.02. The van der Waals surface area contributed by atoms with Crippen molar-refractivity contribution in [3.8, 4) is 23.0 Å². The Morgan fingerprint density at radius 1 is 0.960 bits per heavy atom. The summed E-state index contributed by atoms with van der Waals surface area (Å²) in [6.07, 6.45) is 3.04. The van der Waals surface area contributed by atoms with Crippen LogP contribution in [0.5, 0.6) is 23.0 Å². The second kappa shape index (κ2) is 7.30. The highest BCUT2D eigenvalue weighted by Crippen LogP contribution is 2.40. The Morgan fingerprint density at radius 3 is 2.40 bits per heavy atom. The van der Waals surface area contributed by atoms with E-state index in [-0.39, 0.29) is 23.0 Å². The number of rotatable bonds is 1. The number of hydrogen-bond acceptors (Lipinski definition) is 5. The maximum absolute atomic E-state index is 11.9. The number of allylic oxidation sites excluding steroid dienone is 2. The Kier molecular flexibility index (Phi) is 4.93. The molecule has 2 heterocycles. The van der Waals surface area contributed by atoms with E-state index in [0.29, 0.717) is 37.2 Å². The summed E-state index contributed by atoms with van der Waals surface area (Å²) in [5, 5.41) is 20.3. The van der Waals surface area contributed by atoms with Crippen LogP contribution in [0.25, 0.3) is 0 Å². The van der Waals surface area contributed by atoms with E-state index in [1.165, 1.54) is 13.2 Å². The van der Waals surface area contributed by atoms with Crippen LogP contribution in [0.4, 0.5) is 0 Å². The van der Waals surface area contributed by atoms with Gasteiger partial charge in [-0.15, -0.1) is 0 Å². The van der Waals surface area contributed by atoms with Gasteiger partial charge in [-0.2, -0.15) is 0 Å². The molecule has 130 valence electrons. The number of carbonyl (C=O) groups is 1. The van der Waals surface area contributed by atoms with Gasteiger partial charge in [0.1, 0.15) is 5.75 Å². The zero-order valence-electron chi connectivity index (χ0n) is 14.0. The summed E-state index contributed by atoms with van der Waals surface area (Å²) < 4.78 is 11.0. The molecule has 0 saturated carbocycles. The molecule has 25 heavy (non-hydrogen) atoms. The molecule has 2 aliphatic rings. The molecule has 0 saturated heterocycles. The molecule has 0 fully saturated rings. The number of aliphatic hydroxyl groups excluding tert-OH is 1. The van der Waals surface area contributed by atoms with Crippen molar-refractivity contribution in [3.63, 3.8) is 0 Å². The molecule has 2 aromatic carbocycles. The van der Waals surface area contributed by atoms with E-state index in [1.807, 2.05) is 12.1 Å². The van der Waals surface area contributed by atoms with Crippen molar-refractivity contribution < 1.29 is 24.5 Å². The summed E-state index contributed by atoms with van der Waals surface area (Å²) in [5.41, 5.74) is 1.82. The number of ether oxygens (including phenoxy) is 2. The molecule has 0 radical (unpaired) electrons. The number of aliphatic hydroxyl groups is 1. The summed E-state index contributed by atoms with van der Waals surface area (Å²) in [5.74, 6) is 1.04. The van der Waals surface area contributed by atoms with Gasteiger partial charge in [0.15, 0.2) is 17.3 Å². The molecule has 0 atom stereocenters. The first-order chi connectivity index (χ1) is 12.0. The van der Waals surface area contributed by atoms with Gasteiger partial charge < -0.3 is 19.7 Å². The van der Waals surface area contributed by atoms with Crippen molar-refractivity contribution in [2.45, 2.75) is 25.7 Å². The van der Waals surface area contributed by atoms with E-state index in [4.69, 9.17) is 9.47 Å². The highest BCUT2D eigenvalue weighted by molar-refractivity contribution is 5.90. The summed E-state index contributed by atoms with van der Waals surface area (Å²) in [4.78, 5) is 11.9. The first-order valence-electron chi connectivity index (χ1n) is 8.14. The number of methoxy groups -OCH3 is 1. The molecule has 0 unspecified atom stereocenters. The second-order valence-corrected chi connectivity index (χ2v) is 5.99. The third-order valence-corrected chi connectivity index (χ3v) is 4.13. The quantitative estimate of drug-likeness (QED) is 0.818. The lowest BCUT2D eigenvalue weighted by Gasteiger charge is -2.13. The summed E-state index contributed by atoms with van der Waals surface area (Å²) in [7, 11) is 1.47. The molecule has 0 aliphatic carbocycles. The smallest absolute Gasteiger partial charge is 0.201 e. The van der Waals surface area contributed by atoms with Crippen molar-refractivity contribution in [2.24, 2.45) is 0 Å². The van der Waals surface area contributed by atoms with Crippen molar-refractivity contribution in [3.05, 3.63) is 59.4 Å². The lowest BCUT2D eigenvalue weighted by atomic mass is 10.1. The average Bonchev–Trinajstić information content (AvgIpc) is 2.61. The number of phenols is 1. The minimum atomic E-state index is -0.100. The molecule has 5 nitrogen and oxygen atoms in total. The highest BCUT2D eigenvalue weighted by atomic mass is 16.5. The van der Waals surface area contributed by atoms with Crippen LogP contribution < -0.4 is 9.47 Å². The molecule has 2 N–H and O–H groups in total. The average molecular weight is 340 g/mol. The Hall–Kier alpha value is -2.95. The van der Waals surface area contributed by atoms with E-state index >= 15 is 0 Å². The third kappa shape index (κ3) is 4.12. The van der Waals surface area contributed by atoms with Gasteiger partial charge >= 0.3 is 0 Å². The molecule has 0 spiro atoms. The zero-order chi connectivity index (χ0) is 17.8. The van der Waals surface area contributed by atoms with Crippen LogP contribution in [0.2, 0.25) is 0 Å². The van der Waals surface area contributed by atoms with E-state index in [9.17, 15) is 15.0 Å². The topological polar surface area (TPSA) is 76.0 Å². The number of fused-ring (bicyclic) bond motifs is 7. The molecule has 2 aromatic rings. The van der Waals surface area contributed by atoms with Gasteiger partial charge in [-0.25, -0.2) is 0 Å². The number of hydrogen-bond donors (Lipinski definition) is 2. The lowest BCUT2D eigenvalue weighted by molar-refractivity contribution is -0.114. The van der Waals surface area contributed by atoms with E-state index in [0.717, 1.165) is 11.1 Å². The summed E-state index contributed by atoms with van der Waals surface area (Å²) >= 11 is 0. The molecule has 0 amide bonds. The van der Waals surface area contributed by atoms with Crippen molar-refractivity contribution in [2.75, 3.05) is 7.11 Å². The minimum Gasteiger partial charge on any atom is -0.512 e. The van der Waals surface area contributed by atoms with E-state index < -0.39 is 0 Å². The molecule has 4 rings (SSSR count). The first-order valence-corrected chi connectivity index (χ1v) is 8.14. The Labute approximate surface area is 146 Å². The fraction of sp³-hybridized carbons (Fsp3) is 0.250. The van der Waals surface area contributed by atoms with Gasteiger partial charge in [0, 0.05) is 18.9 Å². The van der Waals surface area contributed by atoms with Crippen molar-refractivity contribution in [1.29, 1.82) is 0 Å². The summed E-state index contributed by atoms with van der Waals surface area (Å²) in [6.45, 7) is 0. The van der Waals surface area contributed by atoms with Crippen LogP contribution in [-0.2, 0) is 17.6 Å².